The Kier molecular flexibility index (Phi) is 4.84. The molecule has 0 amide bonds. The van der Waals surface area contributed by atoms with Crippen molar-refractivity contribution >= 4 is 5.96 Å². The molecule has 0 fully saturated rings. The van der Waals surface area contributed by atoms with Gasteiger partial charge in [0.2, 0.25) is 0 Å². The van der Waals surface area contributed by atoms with Crippen LogP contribution >= 0.6 is 0 Å². The Morgan fingerprint density at radius 2 is 2.25 bits per heavy atom. The standard InChI is InChI=1S/C9H17N3/c1-5-7-8(3)11-9(10)12(4)6-2/h5,7H,1,6H2,2-4H3,(H2,10,11)/b8-7-. The Morgan fingerprint density at radius 1 is 1.67 bits per heavy atom. The minimum Gasteiger partial charge on any atom is -0.370 e. The normalized spacial score (nSPS) is 12.9. The van der Waals surface area contributed by atoms with Crippen LogP contribution in [0.15, 0.2) is 29.4 Å². The summed E-state index contributed by atoms with van der Waals surface area (Å²) >= 11 is 0. The zero-order valence-electron chi connectivity index (χ0n) is 8.04. The van der Waals surface area contributed by atoms with Crippen molar-refractivity contribution in [3.63, 3.8) is 0 Å². The van der Waals surface area contributed by atoms with Crippen LogP contribution in [0, 0.1) is 0 Å². The topological polar surface area (TPSA) is 41.6 Å². The average Bonchev–Trinajstić information content (AvgIpc) is 2.03. The lowest BCUT2D eigenvalue weighted by molar-refractivity contribution is 0.528. The number of rotatable bonds is 3. The van der Waals surface area contributed by atoms with Crippen LogP contribution in [0.3, 0.4) is 0 Å². The fourth-order valence-electron chi connectivity index (χ4n) is 0.636. The zero-order chi connectivity index (χ0) is 9.56. The van der Waals surface area contributed by atoms with Crippen LogP contribution < -0.4 is 5.73 Å². The summed E-state index contributed by atoms with van der Waals surface area (Å²) in [4.78, 5) is 6.02. The second kappa shape index (κ2) is 5.41. The maximum atomic E-state index is 5.66. The van der Waals surface area contributed by atoms with Crippen LogP contribution in [0.4, 0.5) is 0 Å². The number of nitrogens with two attached hydrogens (primary N) is 1. The predicted molar refractivity (Wildman–Crippen MR) is 53.9 cm³/mol. The summed E-state index contributed by atoms with van der Waals surface area (Å²) < 4.78 is 0. The molecular weight excluding hydrogens is 150 g/mol. The molecule has 3 heteroatoms. The van der Waals surface area contributed by atoms with Gasteiger partial charge >= 0.3 is 0 Å². The molecule has 0 aliphatic heterocycles. The summed E-state index contributed by atoms with van der Waals surface area (Å²) in [5, 5.41) is 0. The van der Waals surface area contributed by atoms with Crippen LogP contribution in [-0.4, -0.2) is 24.5 Å². The van der Waals surface area contributed by atoms with Crippen molar-refractivity contribution in [3.8, 4) is 0 Å². The molecule has 0 aliphatic carbocycles. The van der Waals surface area contributed by atoms with Crippen LogP contribution in [-0.2, 0) is 0 Å². The predicted octanol–water partition coefficient (Wildman–Crippen LogP) is 1.34. The van der Waals surface area contributed by atoms with Gasteiger partial charge in [-0.3, -0.25) is 0 Å². The minimum absolute atomic E-state index is 0.535. The minimum atomic E-state index is 0.535. The zero-order valence-corrected chi connectivity index (χ0v) is 8.04. The maximum Gasteiger partial charge on any atom is 0.195 e. The van der Waals surface area contributed by atoms with Crippen molar-refractivity contribution in [2.75, 3.05) is 13.6 Å². The van der Waals surface area contributed by atoms with E-state index in [9.17, 15) is 0 Å². The Morgan fingerprint density at radius 3 is 2.67 bits per heavy atom. The van der Waals surface area contributed by atoms with Crippen molar-refractivity contribution in [3.05, 3.63) is 24.4 Å². The molecule has 0 heterocycles. The van der Waals surface area contributed by atoms with E-state index in [-0.39, 0.29) is 0 Å². The molecular formula is C9H17N3. The lowest BCUT2D eigenvalue weighted by Gasteiger charge is -2.14. The molecule has 0 aromatic rings. The second-order valence-electron chi connectivity index (χ2n) is 2.53. The van der Waals surface area contributed by atoms with E-state index in [0.29, 0.717) is 5.96 Å². The van der Waals surface area contributed by atoms with Gasteiger partial charge in [0.1, 0.15) is 0 Å². The number of aliphatic imine (C=N–C) groups is 1. The Hall–Kier alpha value is -1.25. The lowest BCUT2D eigenvalue weighted by Crippen LogP contribution is -2.33. The quantitative estimate of drug-likeness (QED) is 0.391. The monoisotopic (exact) mass is 167 g/mol. The molecule has 0 aliphatic rings. The third kappa shape index (κ3) is 3.81. The van der Waals surface area contributed by atoms with Crippen molar-refractivity contribution in [2.45, 2.75) is 13.8 Å². The van der Waals surface area contributed by atoms with Gasteiger partial charge in [0.05, 0.1) is 0 Å². The van der Waals surface area contributed by atoms with E-state index in [1.54, 1.807) is 6.08 Å². The highest BCUT2D eigenvalue weighted by molar-refractivity contribution is 5.78. The van der Waals surface area contributed by atoms with Gasteiger partial charge in [0, 0.05) is 19.3 Å². The van der Waals surface area contributed by atoms with E-state index < -0.39 is 0 Å². The summed E-state index contributed by atoms with van der Waals surface area (Å²) in [5.41, 5.74) is 6.52. The molecule has 0 radical (unpaired) electrons. The molecule has 3 nitrogen and oxygen atoms in total. The highest BCUT2D eigenvalue weighted by Gasteiger charge is 1.96. The summed E-state index contributed by atoms with van der Waals surface area (Å²) in [6.07, 6.45) is 3.51. The number of hydrogen-bond acceptors (Lipinski definition) is 1. The van der Waals surface area contributed by atoms with Gasteiger partial charge in [0.25, 0.3) is 0 Å². The van der Waals surface area contributed by atoms with E-state index in [4.69, 9.17) is 5.73 Å². The third-order valence-corrected chi connectivity index (χ3v) is 1.52. The largest absolute Gasteiger partial charge is 0.370 e. The van der Waals surface area contributed by atoms with Gasteiger partial charge < -0.3 is 10.6 Å². The molecule has 0 saturated carbocycles. The van der Waals surface area contributed by atoms with E-state index in [1.165, 1.54) is 0 Å². The molecule has 0 atom stereocenters. The van der Waals surface area contributed by atoms with Gasteiger partial charge in [-0.1, -0.05) is 12.7 Å². The number of nitrogens with zero attached hydrogens (tertiary/aromatic N) is 2. The van der Waals surface area contributed by atoms with E-state index >= 15 is 0 Å². The summed E-state index contributed by atoms with van der Waals surface area (Å²) in [7, 11) is 1.90. The summed E-state index contributed by atoms with van der Waals surface area (Å²) in [6.45, 7) is 8.34. The Labute approximate surface area is 74.3 Å². The molecule has 2 N–H and O–H groups in total. The molecule has 0 aromatic heterocycles. The SMILES string of the molecule is C=C/C=C(C)\N=C(/N)N(C)CC. The van der Waals surface area contributed by atoms with Crippen molar-refractivity contribution in [2.24, 2.45) is 10.7 Å². The van der Waals surface area contributed by atoms with Gasteiger partial charge in [-0.05, 0) is 19.9 Å². The number of hydrogen-bond donors (Lipinski definition) is 1. The highest BCUT2D eigenvalue weighted by Crippen LogP contribution is 1.95. The van der Waals surface area contributed by atoms with E-state index in [0.717, 1.165) is 12.2 Å². The van der Waals surface area contributed by atoms with Crippen molar-refractivity contribution in [1.82, 2.24) is 4.90 Å². The van der Waals surface area contributed by atoms with Gasteiger partial charge in [-0.15, -0.1) is 0 Å². The smallest absolute Gasteiger partial charge is 0.195 e. The van der Waals surface area contributed by atoms with Crippen molar-refractivity contribution < 1.29 is 0 Å². The maximum absolute atomic E-state index is 5.66. The third-order valence-electron chi connectivity index (χ3n) is 1.52. The second-order valence-corrected chi connectivity index (χ2v) is 2.53. The summed E-state index contributed by atoms with van der Waals surface area (Å²) in [6, 6.07) is 0. The fourth-order valence-corrected chi connectivity index (χ4v) is 0.636. The molecule has 12 heavy (non-hydrogen) atoms. The van der Waals surface area contributed by atoms with E-state index in [1.807, 2.05) is 31.9 Å². The lowest BCUT2D eigenvalue weighted by atomic mass is 10.4. The molecule has 0 saturated heterocycles. The van der Waals surface area contributed by atoms with Gasteiger partial charge in [-0.25, -0.2) is 4.99 Å². The molecule has 0 unspecified atom stereocenters. The van der Waals surface area contributed by atoms with E-state index in [2.05, 4.69) is 11.6 Å². The van der Waals surface area contributed by atoms with Crippen LogP contribution in [0.5, 0.6) is 0 Å². The molecule has 0 rings (SSSR count). The van der Waals surface area contributed by atoms with Crippen molar-refractivity contribution in [1.29, 1.82) is 0 Å². The molecule has 0 aromatic carbocycles. The fraction of sp³-hybridized carbons (Fsp3) is 0.444. The first-order chi connectivity index (χ1) is 5.61. The average molecular weight is 167 g/mol. The first-order valence-electron chi connectivity index (χ1n) is 3.96. The molecule has 0 spiro atoms. The molecule has 0 bridgehead atoms. The first-order valence-corrected chi connectivity index (χ1v) is 3.96. The Balaban J connectivity index is 4.34. The summed E-state index contributed by atoms with van der Waals surface area (Å²) in [5.74, 6) is 0.535. The van der Waals surface area contributed by atoms with Gasteiger partial charge in [-0.2, -0.15) is 0 Å². The molecule has 68 valence electrons. The first kappa shape index (κ1) is 10.8. The van der Waals surface area contributed by atoms with Crippen LogP contribution in [0.25, 0.3) is 0 Å². The van der Waals surface area contributed by atoms with Crippen LogP contribution in [0.1, 0.15) is 13.8 Å². The number of guanidine groups is 1. The highest BCUT2D eigenvalue weighted by atomic mass is 15.2. The van der Waals surface area contributed by atoms with Gasteiger partial charge in [0.15, 0.2) is 5.96 Å². The van der Waals surface area contributed by atoms with Crippen LogP contribution in [0.2, 0.25) is 0 Å². The number of allylic oxidation sites excluding steroid dienone is 3. The Bertz CT molecular complexity index is 204.